The number of carboxylic acids is 1. The molecule has 4 N–H and O–H groups in total. The molecule has 11 nitrogen and oxygen atoms in total. The van der Waals surface area contributed by atoms with Gasteiger partial charge in [-0.1, -0.05) is 193 Å². The number of ether oxygens (including phenoxy) is 2. The molecule has 0 aliphatic carbocycles. The van der Waals surface area contributed by atoms with Crippen LogP contribution >= 0.6 is 7.82 Å². The van der Waals surface area contributed by atoms with Crippen molar-refractivity contribution in [1.82, 2.24) is 0 Å². The maximum absolute atomic E-state index is 12.7. The molecule has 12 heteroatoms. The first kappa shape index (κ1) is 56.2. The van der Waals surface area contributed by atoms with Gasteiger partial charge in [0.1, 0.15) is 12.6 Å². The zero-order valence-corrected chi connectivity index (χ0v) is 38.1. The fourth-order valence-electron chi connectivity index (χ4n) is 6.77. The molecule has 0 aliphatic rings. The Morgan fingerprint density at radius 3 is 1.26 bits per heavy atom. The second kappa shape index (κ2) is 41.9. The Kier molecular flexibility index (Phi) is 40.6. The van der Waals surface area contributed by atoms with E-state index < -0.39 is 51.1 Å². The molecule has 0 aliphatic heterocycles. The van der Waals surface area contributed by atoms with Gasteiger partial charge in [-0.2, -0.15) is 0 Å². The predicted molar refractivity (Wildman–Crippen MR) is 236 cm³/mol. The average Bonchev–Trinajstić information content (AvgIpc) is 3.20. The Morgan fingerprint density at radius 1 is 0.517 bits per heavy atom. The third kappa shape index (κ3) is 41.0. The summed E-state index contributed by atoms with van der Waals surface area (Å²) in [5.41, 5.74) is 5.34. The molecule has 0 fully saturated rings. The number of hydrogen-bond acceptors (Lipinski definition) is 9. The molecule has 0 saturated heterocycles. The third-order valence-corrected chi connectivity index (χ3v) is 11.5. The Hall–Kier alpha value is -1.78. The van der Waals surface area contributed by atoms with E-state index in [2.05, 4.69) is 30.5 Å². The van der Waals surface area contributed by atoms with Crippen LogP contribution in [0.25, 0.3) is 0 Å². The summed E-state index contributed by atoms with van der Waals surface area (Å²) in [6, 6.07) is -1.52. The number of carboxylic acid groups (broad SMARTS) is 1. The lowest BCUT2D eigenvalue weighted by Gasteiger charge is -2.20. The summed E-state index contributed by atoms with van der Waals surface area (Å²) in [5.74, 6) is -2.36. The number of hydrogen-bond donors (Lipinski definition) is 3. The fraction of sp³-hybridized carbons (Fsp3) is 0.891. The summed E-state index contributed by atoms with van der Waals surface area (Å²) in [6.45, 7) is 2.83. The van der Waals surface area contributed by atoms with Crippen LogP contribution in [-0.4, -0.2) is 59.9 Å². The van der Waals surface area contributed by atoms with Gasteiger partial charge in [-0.3, -0.25) is 23.4 Å². The molecule has 0 heterocycles. The molecule has 0 aromatic carbocycles. The minimum atomic E-state index is -4.71. The molecule has 0 aromatic heterocycles. The van der Waals surface area contributed by atoms with Gasteiger partial charge in [0.2, 0.25) is 0 Å². The van der Waals surface area contributed by atoms with Crippen LogP contribution in [0.4, 0.5) is 0 Å². The quantitative estimate of drug-likeness (QED) is 0.0230. The second-order valence-corrected chi connectivity index (χ2v) is 17.7. The summed E-state index contributed by atoms with van der Waals surface area (Å²) in [5, 5.41) is 8.90. The zero-order valence-electron chi connectivity index (χ0n) is 37.2. The van der Waals surface area contributed by atoms with Crippen molar-refractivity contribution in [2.24, 2.45) is 5.73 Å². The lowest BCUT2D eigenvalue weighted by molar-refractivity contribution is -0.161. The highest BCUT2D eigenvalue weighted by atomic mass is 31.2. The van der Waals surface area contributed by atoms with E-state index in [1.54, 1.807) is 0 Å². The van der Waals surface area contributed by atoms with E-state index in [0.717, 1.165) is 38.5 Å². The first-order chi connectivity index (χ1) is 28.1. The van der Waals surface area contributed by atoms with Crippen LogP contribution in [0.5, 0.6) is 0 Å². The maximum atomic E-state index is 12.7. The zero-order chi connectivity index (χ0) is 42.8. The molecule has 0 spiro atoms. The second-order valence-electron chi connectivity index (χ2n) is 16.2. The summed E-state index contributed by atoms with van der Waals surface area (Å²) in [6.07, 6.45) is 42.7. The van der Waals surface area contributed by atoms with Crippen molar-refractivity contribution in [1.29, 1.82) is 0 Å². The van der Waals surface area contributed by atoms with E-state index in [0.29, 0.717) is 12.8 Å². The van der Waals surface area contributed by atoms with Crippen molar-refractivity contribution >= 4 is 25.7 Å². The van der Waals surface area contributed by atoms with Crippen molar-refractivity contribution in [2.75, 3.05) is 19.8 Å². The Balaban J connectivity index is 4.24. The van der Waals surface area contributed by atoms with E-state index in [9.17, 15) is 23.8 Å². The van der Waals surface area contributed by atoms with Gasteiger partial charge >= 0.3 is 25.7 Å². The van der Waals surface area contributed by atoms with Crippen molar-refractivity contribution < 1.29 is 47.5 Å². The molecule has 0 bridgehead atoms. The van der Waals surface area contributed by atoms with E-state index in [1.165, 1.54) is 154 Å². The summed E-state index contributed by atoms with van der Waals surface area (Å²) >= 11 is 0. The van der Waals surface area contributed by atoms with Crippen LogP contribution in [-0.2, 0) is 37.5 Å². The van der Waals surface area contributed by atoms with Crippen LogP contribution in [0.1, 0.15) is 232 Å². The Morgan fingerprint density at radius 2 is 0.862 bits per heavy atom. The molecule has 3 atom stereocenters. The van der Waals surface area contributed by atoms with E-state index in [1.807, 2.05) is 0 Å². The normalized spacial score (nSPS) is 13.7. The summed E-state index contributed by atoms with van der Waals surface area (Å²) in [4.78, 5) is 46.0. The standard InChI is InChI=1S/C46H88NO10P/c1-3-5-7-9-11-13-15-17-18-19-20-21-22-23-24-26-28-30-32-34-36-38-45(49)57-42(40-55-58(52,53)56-41-43(47)46(50)51)39-54-44(48)37-35-33-31-29-27-25-16-14-12-10-8-6-4-2/h17-18,42-43H,3-16,19-41,47H2,1-2H3,(H,50,51)(H,52,53)/b18-17+/t42-,43-/m0/s1. The van der Waals surface area contributed by atoms with Crippen LogP contribution in [0.15, 0.2) is 12.2 Å². The molecule has 1 unspecified atom stereocenters. The number of nitrogens with two attached hydrogens (primary N) is 1. The van der Waals surface area contributed by atoms with Crippen LogP contribution in [0.2, 0.25) is 0 Å². The maximum Gasteiger partial charge on any atom is 0.472 e. The fourth-order valence-corrected chi connectivity index (χ4v) is 7.55. The topological polar surface area (TPSA) is 172 Å². The molecule has 0 amide bonds. The highest BCUT2D eigenvalue weighted by Crippen LogP contribution is 2.43. The van der Waals surface area contributed by atoms with E-state index in [4.69, 9.17) is 24.8 Å². The monoisotopic (exact) mass is 846 g/mol. The summed E-state index contributed by atoms with van der Waals surface area (Å²) in [7, 11) is -4.71. The average molecular weight is 846 g/mol. The molecular weight excluding hydrogens is 757 g/mol. The van der Waals surface area contributed by atoms with Gasteiger partial charge in [0, 0.05) is 12.8 Å². The SMILES string of the molecule is CCCCCCCC/C=C/CCCCCCCCCCCCCC(=O)O[C@@H](COC(=O)CCCCCCCCCCCCCCC)COP(=O)(O)OC[C@H](N)C(=O)O. The van der Waals surface area contributed by atoms with Crippen molar-refractivity contribution in [3.63, 3.8) is 0 Å². The Labute approximate surface area is 354 Å². The van der Waals surface area contributed by atoms with Gasteiger partial charge < -0.3 is 25.2 Å². The van der Waals surface area contributed by atoms with Gasteiger partial charge in [0.15, 0.2) is 6.10 Å². The number of carbonyl (C=O) groups is 3. The Bertz CT molecular complexity index is 1040. The number of unbranched alkanes of at least 4 members (excludes halogenated alkanes) is 29. The number of carbonyl (C=O) groups excluding carboxylic acids is 2. The largest absolute Gasteiger partial charge is 0.480 e. The van der Waals surface area contributed by atoms with Gasteiger partial charge in [-0.05, 0) is 38.5 Å². The molecule has 342 valence electrons. The lowest BCUT2D eigenvalue weighted by atomic mass is 10.0. The molecule has 58 heavy (non-hydrogen) atoms. The van der Waals surface area contributed by atoms with E-state index in [-0.39, 0.29) is 19.4 Å². The summed E-state index contributed by atoms with van der Waals surface area (Å²) < 4.78 is 32.8. The van der Waals surface area contributed by atoms with Gasteiger partial charge in [0.05, 0.1) is 13.2 Å². The van der Waals surface area contributed by atoms with Gasteiger partial charge in [-0.15, -0.1) is 0 Å². The minimum absolute atomic E-state index is 0.165. The minimum Gasteiger partial charge on any atom is -0.480 e. The number of aliphatic carboxylic acids is 1. The van der Waals surface area contributed by atoms with Crippen molar-refractivity contribution in [2.45, 2.75) is 244 Å². The lowest BCUT2D eigenvalue weighted by Crippen LogP contribution is -2.34. The van der Waals surface area contributed by atoms with Gasteiger partial charge in [-0.25, -0.2) is 4.57 Å². The number of rotatable bonds is 45. The van der Waals surface area contributed by atoms with Crippen molar-refractivity contribution in [3.8, 4) is 0 Å². The highest BCUT2D eigenvalue weighted by Gasteiger charge is 2.28. The molecule has 0 saturated carbocycles. The number of phosphoric ester groups is 1. The van der Waals surface area contributed by atoms with Gasteiger partial charge in [0.25, 0.3) is 0 Å². The van der Waals surface area contributed by atoms with Crippen LogP contribution < -0.4 is 5.73 Å². The first-order valence-electron chi connectivity index (χ1n) is 23.7. The van der Waals surface area contributed by atoms with Crippen LogP contribution in [0.3, 0.4) is 0 Å². The molecule has 0 radical (unpaired) electrons. The number of allylic oxidation sites excluding steroid dienone is 2. The smallest absolute Gasteiger partial charge is 0.472 e. The molecule has 0 aromatic rings. The van der Waals surface area contributed by atoms with Crippen molar-refractivity contribution in [3.05, 3.63) is 12.2 Å². The molecular formula is C46H88NO10P. The van der Waals surface area contributed by atoms with E-state index >= 15 is 0 Å². The first-order valence-corrected chi connectivity index (χ1v) is 25.2. The number of esters is 2. The highest BCUT2D eigenvalue weighted by molar-refractivity contribution is 7.47. The molecule has 0 rings (SSSR count). The predicted octanol–water partition coefficient (Wildman–Crippen LogP) is 12.8. The van der Waals surface area contributed by atoms with Crippen LogP contribution in [0, 0.1) is 0 Å². The number of phosphoric acid groups is 1. The third-order valence-electron chi connectivity index (χ3n) is 10.5.